The van der Waals surface area contributed by atoms with E-state index in [1.54, 1.807) is 6.07 Å². The van der Waals surface area contributed by atoms with Crippen molar-refractivity contribution in [3.63, 3.8) is 0 Å². The SMILES string of the molecule is CN(C)CCCC1Cc2ccccc2C(c2ccccc2F)=N1. The van der Waals surface area contributed by atoms with Gasteiger partial charge < -0.3 is 4.90 Å². The first-order chi connectivity index (χ1) is 11.1. The van der Waals surface area contributed by atoms with Crippen LogP contribution in [0.1, 0.15) is 29.5 Å². The number of nitrogens with zero attached hydrogens (tertiary/aromatic N) is 2. The Labute approximate surface area is 137 Å². The molecule has 2 aromatic rings. The van der Waals surface area contributed by atoms with Gasteiger partial charge in [-0.1, -0.05) is 36.4 Å². The fourth-order valence-electron chi connectivity index (χ4n) is 3.16. The molecule has 0 aliphatic carbocycles. The van der Waals surface area contributed by atoms with E-state index in [2.05, 4.69) is 37.2 Å². The second kappa shape index (κ2) is 7.05. The molecule has 0 fully saturated rings. The lowest BCUT2D eigenvalue weighted by Gasteiger charge is -2.24. The Balaban J connectivity index is 1.92. The zero-order chi connectivity index (χ0) is 16.2. The van der Waals surface area contributed by atoms with Gasteiger partial charge in [-0.05, 0) is 57.6 Å². The molecule has 0 aromatic heterocycles. The van der Waals surface area contributed by atoms with E-state index in [0.29, 0.717) is 5.56 Å². The van der Waals surface area contributed by atoms with Crippen LogP contribution in [0, 0.1) is 5.82 Å². The molecule has 0 amide bonds. The quantitative estimate of drug-likeness (QED) is 0.817. The van der Waals surface area contributed by atoms with Gasteiger partial charge in [0.25, 0.3) is 0 Å². The molecule has 1 atom stereocenters. The number of hydrogen-bond donors (Lipinski definition) is 0. The first-order valence-electron chi connectivity index (χ1n) is 8.21. The second-order valence-electron chi connectivity index (χ2n) is 6.42. The fourth-order valence-corrected chi connectivity index (χ4v) is 3.16. The summed E-state index contributed by atoms with van der Waals surface area (Å²) in [6, 6.07) is 15.4. The number of aliphatic imine (C=N–C) groups is 1. The minimum atomic E-state index is -0.199. The highest BCUT2D eigenvalue weighted by Gasteiger charge is 2.23. The topological polar surface area (TPSA) is 15.6 Å². The van der Waals surface area contributed by atoms with Crippen LogP contribution in [0.25, 0.3) is 0 Å². The molecule has 1 aliphatic heterocycles. The summed E-state index contributed by atoms with van der Waals surface area (Å²) in [5.74, 6) is -0.199. The number of fused-ring (bicyclic) bond motifs is 1. The average Bonchev–Trinajstić information content (AvgIpc) is 2.54. The summed E-state index contributed by atoms with van der Waals surface area (Å²) < 4.78 is 14.3. The maximum absolute atomic E-state index is 14.3. The first kappa shape index (κ1) is 15.9. The number of halogens is 1. The van der Waals surface area contributed by atoms with Crippen molar-refractivity contribution in [2.24, 2.45) is 4.99 Å². The molecule has 3 rings (SSSR count). The lowest BCUT2D eigenvalue weighted by molar-refractivity contribution is 0.384. The van der Waals surface area contributed by atoms with E-state index in [4.69, 9.17) is 4.99 Å². The van der Waals surface area contributed by atoms with Gasteiger partial charge in [0.05, 0.1) is 11.8 Å². The summed E-state index contributed by atoms with van der Waals surface area (Å²) in [4.78, 5) is 7.10. The van der Waals surface area contributed by atoms with Crippen LogP contribution >= 0.6 is 0 Å². The lowest BCUT2D eigenvalue weighted by atomic mass is 9.89. The van der Waals surface area contributed by atoms with Crippen LogP contribution in [0.5, 0.6) is 0 Å². The van der Waals surface area contributed by atoms with Crippen LogP contribution in [0.15, 0.2) is 53.5 Å². The highest BCUT2D eigenvalue weighted by atomic mass is 19.1. The monoisotopic (exact) mass is 310 g/mol. The van der Waals surface area contributed by atoms with Gasteiger partial charge in [-0.3, -0.25) is 4.99 Å². The van der Waals surface area contributed by atoms with E-state index in [0.717, 1.165) is 37.1 Å². The largest absolute Gasteiger partial charge is 0.309 e. The summed E-state index contributed by atoms with van der Waals surface area (Å²) in [6.07, 6.45) is 3.08. The van der Waals surface area contributed by atoms with Crippen LogP contribution < -0.4 is 0 Å². The summed E-state index contributed by atoms with van der Waals surface area (Å²) in [5, 5.41) is 0. The van der Waals surface area contributed by atoms with Gasteiger partial charge in [0.1, 0.15) is 5.82 Å². The Morgan fingerprint density at radius 2 is 1.74 bits per heavy atom. The van der Waals surface area contributed by atoms with Gasteiger partial charge in [0.2, 0.25) is 0 Å². The standard InChI is InChI=1S/C20H23FN2/c1-23(2)13-7-9-16-14-15-8-3-4-10-17(15)20(22-16)18-11-5-6-12-19(18)21/h3-6,8,10-12,16H,7,9,13-14H2,1-2H3. The molecule has 2 aromatic carbocycles. The Kier molecular flexibility index (Phi) is 4.87. The van der Waals surface area contributed by atoms with Crippen molar-refractivity contribution in [1.29, 1.82) is 0 Å². The molecule has 1 unspecified atom stereocenters. The molecule has 0 bridgehead atoms. The maximum atomic E-state index is 14.3. The molecule has 120 valence electrons. The molecule has 0 radical (unpaired) electrons. The van der Waals surface area contributed by atoms with E-state index in [1.165, 1.54) is 11.6 Å². The van der Waals surface area contributed by atoms with Gasteiger partial charge in [-0.15, -0.1) is 0 Å². The molecule has 1 aliphatic rings. The zero-order valence-corrected chi connectivity index (χ0v) is 13.8. The van der Waals surface area contributed by atoms with Crippen LogP contribution in [-0.4, -0.2) is 37.3 Å². The van der Waals surface area contributed by atoms with E-state index in [-0.39, 0.29) is 11.9 Å². The molecular weight excluding hydrogens is 287 g/mol. The van der Waals surface area contributed by atoms with Gasteiger partial charge in [-0.25, -0.2) is 4.39 Å². The van der Waals surface area contributed by atoms with Crippen LogP contribution in [0.4, 0.5) is 4.39 Å². The normalized spacial score (nSPS) is 17.0. The molecule has 0 spiro atoms. The molecule has 0 N–H and O–H groups in total. The van der Waals surface area contributed by atoms with Crippen molar-refractivity contribution >= 4 is 5.71 Å². The van der Waals surface area contributed by atoms with E-state index in [9.17, 15) is 4.39 Å². The summed E-state index contributed by atoms with van der Waals surface area (Å²) >= 11 is 0. The Morgan fingerprint density at radius 1 is 1.04 bits per heavy atom. The van der Waals surface area contributed by atoms with Crippen molar-refractivity contribution < 1.29 is 4.39 Å². The molecule has 1 heterocycles. The summed E-state index contributed by atoms with van der Waals surface area (Å²) in [7, 11) is 4.18. The van der Waals surface area contributed by atoms with E-state index < -0.39 is 0 Å². The second-order valence-corrected chi connectivity index (χ2v) is 6.42. The molecular formula is C20H23FN2. The van der Waals surface area contributed by atoms with Crippen molar-refractivity contribution in [3.05, 3.63) is 71.0 Å². The summed E-state index contributed by atoms with van der Waals surface area (Å²) in [6.45, 7) is 1.06. The predicted molar refractivity (Wildman–Crippen MR) is 93.8 cm³/mol. The molecule has 2 nitrogen and oxygen atoms in total. The highest BCUT2D eigenvalue weighted by molar-refractivity contribution is 6.14. The van der Waals surface area contributed by atoms with Crippen molar-refractivity contribution in [2.45, 2.75) is 25.3 Å². The number of hydrogen-bond acceptors (Lipinski definition) is 2. The minimum Gasteiger partial charge on any atom is -0.309 e. The van der Waals surface area contributed by atoms with E-state index in [1.807, 2.05) is 18.2 Å². The fraction of sp³-hybridized carbons (Fsp3) is 0.350. The predicted octanol–water partition coefficient (Wildman–Crippen LogP) is 3.93. The first-order valence-corrected chi connectivity index (χ1v) is 8.21. The van der Waals surface area contributed by atoms with Crippen molar-refractivity contribution in [1.82, 2.24) is 4.90 Å². The Morgan fingerprint density at radius 3 is 2.48 bits per heavy atom. The molecule has 0 saturated carbocycles. The third-order valence-corrected chi connectivity index (χ3v) is 4.31. The Hall–Kier alpha value is -2.00. The van der Waals surface area contributed by atoms with Crippen molar-refractivity contribution in [3.8, 4) is 0 Å². The van der Waals surface area contributed by atoms with Gasteiger partial charge in [-0.2, -0.15) is 0 Å². The number of benzene rings is 2. The third-order valence-electron chi connectivity index (χ3n) is 4.31. The average molecular weight is 310 g/mol. The van der Waals surface area contributed by atoms with Gasteiger partial charge >= 0.3 is 0 Å². The third kappa shape index (κ3) is 3.67. The van der Waals surface area contributed by atoms with Gasteiger partial charge in [0, 0.05) is 11.1 Å². The molecule has 23 heavy (non-hydrogen) atoms. The zero-order valence-electron chi connectivity index (χ0n) is 13.8. The molecule has 0 saturated heterocycles. The van der Waals surface area contributed by atoms with E-state index >= 15 is 0 Å². The van der Waals surface area contributed by atoms with Gasteiger partial charge in [0.15, 0.2) is 0 Å². The Bertz CT molecular complexity index is 706. The van der Waals surface area contributed by atoms with Crippen LogP contribution in [-0.2, 0) is 6.42 Å². The highest BCUT2D eigenvalue weighted by Crippen LogP contribution is 2.26. The maximum Gasteiger partial charge on any atom is 0.132 e. The summed E-state index contributed by atoms with van der Waals surface area (Å²) in [5.41, 5.74) is 3.76. The van der Waals surface area contributed by atoms with Crippen LogP contribution in [0.2, 0.25) is 0 Å². The molecule has 3 heteroatoms. The minimum absolute atomic E-state index is 0.199. The smallest absolute Gasteiger partial charge is 0.132 e. The van der Waals surface area contributed by atoms with Crippen molar-refractivity contribution in [2.75, 3.05) is 20.6 Å². The lowest BCUT2D eigenvalue weighted by Crippen LogP contribution is -2.24. The number of rotatable bonds is 5. The van der Waals surface area contributed by atoms with Crippen LogP contribution in [0.3, 0.4) is 0 Å².